The van der Waals surface area contributed by atoms with Gasteiger partial charge in [0, 0.05) is 18.4 Å². The van der Waals surface area contributed by atoms with Gasteiger partial charge in [0.2, 0.25) is 0 Å². The normalized spacial score (nSPS) is 12.4. The predicted molar refractivity (Wildman–Crippen MR) is 89.6 cm³/mol. The third-order valence-corrected chi connectivity index (χ3v) is 4.15. The van der Waals surface area contributed by atoms with Crippen molar-refractivity contribution >= 4 is 0 Å². The molecule has 1 heterocycles. The first-order valence-corrected chi connectivity index (χ1v) is 7.81. The summed E-state index contributed by atoms with van der Waals surface area (Å²) >= 11 is 0. The second-order valence-corrected chi connectivity index (χ2v) is 5.80. The fraction of sp³-hybridized carbons (Fsp3) is 0.421. The number of aryl methyl sites for hydroxylation is 4. The van der Waals surface area contributed by atoms with Gasteiger partial charge in [-0.25, -0.2) is 0 Å². The summed E-state index contributed by atoms with van der Waals surface area (Å²) < 4.78 is 0. The molecule has 2 heteroatoms. The largest absolute Gasteiger partial charge is 0.310 e. The molecule has 2 nitrogen and oxygen atoms in total. The average molecular weight is 282 g/mol. The van der Waals surface area contributed by atoms with Crippen LogP contribution < -0.4 is 5.32 Å². The molecule has 0 amide bonds. The maximum absolute atomic E-state index is 4.20. The first kappa shape index (κ1) is 15.7. The zero-order valence-corrected chi connectivity index (χ0v) is 13.6. The molecule has 112 valence electrons. The van der Waals surface area contributed by atoms with Crippen molar-refractivity contribution < 1.29 is 0 Å². The van der Waals surface area contributed by atoms with Crippen molar-refractivity contribution in [3.8, 4) is 0 Å². The summed E-state index contributed by atoms with van der Waals surface area (Å²) in [5.74, 6) is 0. The Morgan fingerprint density at radius 2 is 1.86 bits per heavy atom. The lowest BCUT2D eigenvalue weighted by atomic mass is 9.92. The molecule has 0 radical (unpaired) electrons. The van der Waals surface area contributed by atoms with E-state index >= 15 is 0 Å². The van der Waals surface area contributed by atoms with E-state index in [9.17, 15) is 0 Å². The van der Waals surface area contributed by atoms with Crippen LogP contribution in [-0.4, -0.2) is 11.5 Å². The minimum absolute atomic E-state index is 0.412. The Morgan fingerprint density at radius 1 is 1.10 bits per heavy atom. The van der Waals surface area contributed by atoms with Gasteiger partial charge >= 0.3 is 0 Å². The topological polar surface area (TPSA) is 24.9 Å². The molecule has 0 saturated heterocycles. The van der Waals surface area contributed by atoms with Gasteiger partial charge in [-0.3, -0.25) is 4.98 Å². The Labute approximate surface area is 128 Å². The first-order valence-electron chi connectivity index (χ1n) is 7.81. The molecule has 0 saturated carbocycles. The van der Waals surface area contributed by atoms with Gasteiger partial charge in [0.05, 0.1) is 0 Å². The Bertz CT molecular complexity index is 576. The molecule has 1 N–H and O–H groups in total. The highest BCUT2D eigenvalue weighted by molar-refractivity contribution is 5.38. The maximum Gasteiger partial charge on any atom is 0.0326 e. The van der Waals surface area contributed by atoms with Crippen molar-refractivity contribution in [2.24, 2.45) is 0 Å². The van der Waals surface area contributed by atoms with Crippen molar-refractivity contribution in [3.05, 3.63) is 64.5 Å². The molecular formula is C19H26N2. The van der Waals surface area contributed by atoms with Gasteiger partial charge in [-0.15, -0.1) is 0 Å². The van der Waals surface area contributed by atoms with Gasteiger partial charge in [-0.2, -0.15) is 0 Å². The molecule has 1 aromatic heterocycles. The predicted octanol–water partition coefficient (Wildman–Crippen LogP) is 4.29. The van der Waals surface area contributed by atoms with Crippen molar-refractivity contribution in [3.63, 3.8) is 0 Å². The van der Waals surface area contributed by atoms with E-state index in [2.05, 4.69) is 56.2 Å². The zero-order valence-electron chi connectivity index (χ0n) is 13.6. The van der Waals surface area contributed by atoms with E-state index in [-0.39, 0.29) is 0 Å². The third-order valence-electron chi connectivity index (χ3n) is 4.15. The van der Waals surface area contributed by atoms with Crippen LogP contribution in [-0.2, 0) is 6.42 Å². The number of nitrogens with one attached hydrogen (secondary N) is 1. The van der Waals surface area contributed by atoms with E-state index < -0.39 is 0 Å². The Morgan fingerprint density at radius 3 is 2.52 bits per heavy atom. The Balaban J connectivity index is 2.17. The molecule has 0 fully saturated rings. The summed E-state index contributed by atoms with van der Waals surface area (Å²) in [7, 11) is 0. The third kappa shape index (κ3) is 4.15. The maximum atomic E-state index is 4.20. The lowest BCUT2D eigenvalue weighted by Crippen LogP contribution is -2.22. The molecule has 1 aromatic carbocycles. The van der Waals surface area contributed by atoms with Crippen LogP contribution in [0, 0.1) is 20.8 Å². The molecule has 0 aliphatic carbocycles. The second kappa shape index (κ2) is 7.37. The van der Waals surface area contributed by atoms with Crippen molar-refractivity contribution in [2.45, 2.75) is 46.6 Å². The lowest BCUT2D eigenvalue weighted by molar-refractivity contribution is 0.512. The van der Waals surface area contributed by atoms with Gasteiger partial charge in [-0.1, -0.05) is 25.1 Å². The number of hydrogen-bond donors (Lipinski definition) is 1. The molecule has 0 bridgehead atoms. The van der Waals surface area contributed by atoms with Gasteiger partial charge in [0.15, 0.2) is 0 Å². The minimum Gasteiger partial charge on any atom is -0.310 e. The summed E-state index contributed by atoms with van der Waals surface area (Å²) in [5, 5.41) is 3.64. The molecule has 0 spiro atoms. The number of rotatable bonds is 6. The first-order chi connectivity index (χ1) is 10.1. The number of hydrogen-bond acceptors (Lipinski definition) is 2. The molecule has 21 heavy (non-hydrogen) atoms. The average Bonchev–Trinajstić information content (AvgIpc) is 2.48. The van der Waals surface area contributed by atoms with Crippen LogP contribution in [0.4, 0.5) is 0 Å². The van der Waals surface area contributed by atoms with E-state index in [1.807, 2.05) is 18.5 Å². The van der Waals surface area contributed by atoms with Crippen molar-refractivity contribution in [1.82, 2.24) is 10.3 Å². The van der Waals surface area contributed by atoms with Gasteiger partial charge in [0.25, 0.3) is 0 Å². The molecule has 1 unspecified atom stereocenters. The van der Waals surface area contributed by atoms with Crippen LogP contribution in [0.3, 0.4) is 0 Å². The zero-order chi connectivity index (χ0) is 15.2. The number of benzene rings is 1. The quantitative estimate of drug-likeness (QED) is 0.855. The van der Waals surface area contributed by atoms with Crippen LogP contribution in [0.1, 0.15) is 47.2 Å². The van der Waals surface area contributed by atoms with Crippen LogP contribution in [0.15, 0.2) is 36.7 Å². The van der Waals surface area contributed by atoms with E-state index in [1.54, 1.807) is 0 Å². The summed E-state index contributed by atoms with van der Waals surface area (Å²) in [6.45, 7) is 9.76. The Hall–Kier alpha value is -1.67. The summed E-state index contributed by atoms with van der Waals surface area (Å²) in [5.41, 5.74) is 6.87. The Kier molecular flexibility index (Phi) is 5.51. The van der Waals surface area contributed by atoms with E-state index in [1.165, 1.54) is 27.8 Å². The smallest absolute Gasteiger partial charge is 0.0326 e. The summed E-state index contributed by atoms with van der Waals surface area (Å²) in [4.78, 5) is 4.20. The highest BCUT2D eigenvalue weighted by atomic mass is 14.9. The number of aromatic nitrogens is 1. The van der Waals surface area contributed by atoms with Crippen molar-refractivity contribution in [1.29, 1.82) is 0 Å². The molecular weight excluding hydrogens is 256 g/mol. The number of pyridine rings is 1. The molecule has 1 atom stereocenters. The minimum atomic E-state index is 0.412. The molecule has 0 aliphatic rings. The van der Waals surface area contributed by atoms with Crippen LogP contribution in [0.5, 0.6) is 0 Å². The lowest BCUT2D eigenvalue weighted by Gasteiger charge is -2.22. The van der Waals surface area contributed by atoms with Gasteiger partial charge in [-0.05, 0) is 74.0 Å². The highest BCUT2D eigenvalue weighted by Gasteiger charge is 2.14. The molecule has 2 aromatic rings. The summed E-state index contributed by atoms with van der Waals surface area (Å²) in [6.07, 6.45) is 5.95. The SMILES string of the molecule is CCNC(CCc1cccnc1)c1cc(C)c(C)cc1C. The summed E-state index contributed by atoms with van der Waals surface area (Å²) in [6, 6.07) is 9.23. The fourth-order valence-corrected chi connectivity index (χ4v) is 2.83. The number of nitrogens with zero attached hydrogens (tertiary/aromatic N) is 1. The van der Waals surface area contributed by atoms with Crippen LogP contribution in [0.2, 0.25) is 0 Å². The standard InChI is InChI=1S/C19H26N2/c1-5-21-19(9-8-17-7-6-10-20-13-17)18-12-15(3)14(2)11-16(18)4/h6-7,10-13,19,21H,5,8-9H2,1-4H3. The monoisotopic (exact) mass is 282 g/mol. The van der Waals surface area contributed by atoms with Gasteiger partial charge < -0.3 is 5.32 Å². The van der Waals surface area contributed by atoms with E-state index in [0.717, 1.165) is 19.4 Å². The van der Waals surface area contributed by atoms with Crippen LogP contribution >= 0.6 is 0 Å². The van der Waals surface area contributed by atoms with Crippen molar-refractivity contribution in [2.75, 3.05) is 6.54 Å². The van der Waals surface area contributed by atoms with Crippen LogP contribution in [0.25, 0.3) is 0 Å². The van der Waals surface area contributed by atoms with E-state index in [4.69, 9.17) is 0 Å². The molecule has 0 aliphatic heterocycles. The van der Waals surface area contributed by atoms with Gasteiger partial charge in [0.1, 0.15) is 0 Å². The highest BCUT2D eigenvalue weighted by Crippen LogP contribution is 2.25. The van der Waals surface area contributed by atoms with E-state index in [0.29, 0.717) is 6.04 Å². The second-order valence-electron chi connectivity index (χ2n) is 5.80. The fourth-order valence-electron chi connectivity index (χ4n) is 2.83. The molecule has 2 rings (SSSR count).